The number of hydrogen-bond donors (Lipinski definition) is 1. The lowest BCUT2D eigenvalue weighted by atomic mass is 10.3. The first-order chi connectivity index (χ1) is 5.75. The molecule has 2 N–H and O–H groups in total. The van der Waals surface area contributed by atoms with Crippen LogP contribution in [0.25, 0.3) is 0 Å². The molecule has 0 saturated carbocycles. The highest BCUT2D eigenvalue weighted by Gasteiger charge is 2.14. The van der Waals surface area contributed by atoms with Gasteiger partial charge in [0.1, 0.15) is 0 Å². The molecule has 0 saturated heterocycles. The second-order valence-corrected chi connectivity index (χ2v) is 3.56. The molecule has 0 fully saturated rings. The SMILES string of the molecule is [NH]c1ccc2c(c1)NC(=O)CS2. The summed E-state index contributed by atoms with van der Waals surface area (Å²) >= 11 is 1.51. The van der Waals surface area contributed by atoms with Crippen molar-refractivity contribution < 1.29 is 4.79 Å². The lowest BCUT2D eigenvalue weighted by Gasteiger charge is -2.15. The summed E-state index contributed by atoms with van der Waals surface area (Å²) in [5.74, 6) is 0.489. The van der Waals surface area contributed by atoms with Crippen LogP contribution in [0.3, 0.4) is 0 Å². The van der Waals surface area contributed by atoms with Crippen molar-refractivity contribution in [2.45, 2.75) is 4.90 Å². The number of anilines is 1. The van der Waals surface area contributed by atoms with E-state index in [2.05, 4.69) is 5.32 Å². The van der Waals surface area contributed by atoms with Gasteiger partial charge in [0.2, 0.25) is 5.91 Å². The van der Waals surface area contributed by atoms with Gasteiger partial charge in [0, 0.05) is 4.90 Å². The Bertz CT molecular complexity index is 338. The van der Waals surface area contributed by atoms with Gasteiger partial charge in [0.25, 0.3) is 0 Å². The molecule has 1 radical (unpaired) electrons. The van der Waals surface area contributed by atoms with E-state index in [0.29, 0.717) is 11.4 Å². The van der Waals surface area contributed by atoms with Crippen LogP contribution in [0.5, 0.6) is 0 Å². The highest BCUT2D eigenvalue weighted by atomic mass is 32.2. The zero-order valence-electron chi connectivity index (χ0n) is 6.26. The first-order valence-corrected chi connectivity index (χ1v) is 4.52. The zero-order valence-corrected chi connectivity index (χ0v) is 7.07. The lowest BCUT2D eigenvalue weighted by molar-refractivity contribution is -0.113. The lowest BCUT2D eigenvalue weighted by Crippen LogP contribution is -2.18. The van der Waals surface area contributed by atoms with Gasteiger partial charge in [0.15, 0.2) is 0 Å². The van der Waals surface area contributed by atoms with Crippen molar-refractivity contribution in [1.82, 2.24) is 5.73 Å². The van der Waals surface area contributed by atoms with Crippen LogP contribution in [0.15, 0.2) is 23.1 Å². The van der Waals surface area contributed by atoms with Crippen LogP contribution in [-0.4, -0.2) is 11.7 Å². The monoisotopic (exact) mass is 179 g/mol. The molecule has 1 aromatic rings. The molecule has 4 heteroatoms. The molecule has 12 heavy (non-hydrogen) atoms. The predicted octanol–water partition coefficient (Wildman–Crippen LogP) is 1.65. The van der Waals surface area contributed by atoms with E-state index in [1.807, 2.05) is 6.07 Å². The molecule has 0 aromatic heterocycles. The van der Waals surface area contributed by atoms with Crippen molar-refractivity contribution >= 4 is 29.0 Å². The maximum atomic E-state index is 10.9. The predicted molar refractivity (Wildman–Crippen MR) is 48.6 cm³/mol. The number of fused-ring (bicyclic) bond motifs is 1. The van der Waals surface area contributed by atoms with E-state index in [0.717, 1.165) is 10.6 Å². The molecule has 1 aliphatic heterocycles. The van der Waals surface area contributed by atoms with Gasteiger partial charge in [-0.3, -0.25) is 4.79 Å². The average molecular weight is 179 g/mol. The fourth-order valence-electron chi connectivity index (χ4n) is 1.08. The second-order valence-electron chi connectivity index (χ2n) is 2.55. The standard InChI is InChI=1S/C8H7N2OS/c9-5-1-2-7-6(3-5)10-8(11)4-12-7/h1-3,9H,4H2,(H,10,11). The van der Waals surface area contributed by atoms with E-state index in [1.165, 1.54) is 11.8 Å². The molecule has 1 aliphatic rings. The van der Waals surface area contributed by atoms with Gasteiger partial charge in [-0.1, -0.05) is 0 Å². The van der Waals surface area contributed by atoms with Crippen LogP contribution in [0, 0.1) is 0 Å². The van der Waals surface area contributed by atoms with Crippen molar-refractivity contribution in [2.24, 2.45) is 0 Å². The summed E-state index contributed by atoms with van der Waals surface area (Å²) in [5, 5.41) is 2.72. The van der Waals surface area contributed by atoms with Crippen molar-refractivity contribution in [2.75, 3.05) is 11.1 Å². The highest BCUT2D eigenvalue weighted by Crippen LogP contribution is 2.32. The van der Waals surface area contributed by atoms with Crippen LogP contribution in [0.1, 0.15) is 0 Å². The number of rotatable bonds is 0. The minimum absolute atomic E-state index is 0.0121. The molecule has 1 heterocycles. The first-order valence-electron chi connectivity index (χ1n) is 3.54. The van der Waals surface area contributed by atoms with Crippen molar-refractivity contribution in [3.8, 4) is 0 Å². The van der Waals surface area contributed by atoms with Crippen LogP contribution in [-0.2, 0) is 4.79 Å². The third kappa shape index (κ3) is 1.25. The molecule has 1 aromatic carbocycles. The molecule has 0 atom stereocenters. The third-order valence-corrected chi connectivity index (χ3v) is 2.69. The fourth-order valence-corrected chi connectivity index (χ4v) is 1.87. The van der Waals surface area contributed by atoms with Crippen molar-refractivity contribution in [3.63, 3.8) is 0 Å². The topological polar surface area (TPSA) is 52.9 Å². The van der Waals surface area contributed by atoms with Crippen LogP contribution >= 0.6 is 11.8 Å². The summed E-state index contributed by atoms with van der Waals surface area (Å²) in [6, 6.07) is 5.25. The van der Waals surface area contributed by atoms with E-state index in [9.17, 15) is 4.79 Å². The van der Waals surface area contributed by atoms with E-state index in [-0.39, 0.29) is 5.91 Å². The Morgan fingerprint density at radius 3 is 3.17 bits per heavy atom. The third-order valence-electron chi connectivity index (χ3n) is 1.61. The van der Waals surface area contributed by atoms with Gasteiger partial charge in [-0.2, -0.15) is 0 Å². The number of thioether (sulfide) groups is 1. The number of amides is 1. The fraction of sp³-hybridized carbons (Fsp3) is 0.125. The summed E-state index contributed by atoms with van der Waals surface area (Å²) < 4.78 is 0. The van der Waals surface area contributed by atoms with Crippen molar-refractivity contribution in [3.05, 3.63) is 18.2 Å². The first kappa shape index (κ1) is 7.49. The molecule has 61 valence electrons. The molecule has 0 aliphatic carbocycles. The Morgan fingerprint density at radius 2 is 2.33 bits per heavy atom. The smallest absolute Gasteiger partial charge is 0.234 e. The van der Waals surface area contributed by atoms with Gasteiger partial charge in [0.05, 0.1) is 17.1 Å². The van der Waals surface area contributed by atoms with Gasteiger partial charge in [-0.05, 0) is 18.2 Å². The Kier molecular flexibility index (Phi) is 1.69. The molecule has 2 rings (SSSR count). The minimum atomic E-state index is 0.0121. The van der Waals surface area contributed by atoms with Crippen LogP contribution in [0.2, 0.25) is 0 Å². The summed E-state index contributed by atoms with van der Waals surface area (Å²) in [4.78, 5) is 12.0. The number of carbonyl (C=O) groups is 1. The molecule has 0 bridgehead atoms. The van der Waals surface area contributed by atoms with E-state index >= 15 is 0 Å². The summed E-state index contributed by atoms with van der Waals surface area (Å²) in [7, 11) is 0. The minimum Gasteiger partial charge on any atom is -0.324 e. The average Bonchev–Trinajstić information content (AvgIpc) is 2.03. The van der Waals surface area contributed by atoms with E-state index < -0.39 is 0 Å². The second kappa shape index (κ2) is 2.71. The summed E-state index contributed by atoms with van der Waals surface area (Å²) in [6.07, 6.45) is 0. The molecular weight excluding hydrogens is 172 g/mol. The zero-order chi connectivity index (χ0) is 8.55. The highest BCUT2D eigenvalue weighted by molar-refractivity contribution is 8.00. The Morgan fingerprint density at radius 1 is 1.50 bits per heavy atom. The van der Waals surface area contributed by atoms with Gasteiger partial charge in [-0.25, -0.2) is 0 Å². The van der Waals surface area contributed by atoms with E-state index in [4.69, 9.17) is 5.73 Å². The molecule has 0 spiro atoms. The van der Waals surface area contributed by atoms with Crippen LogP contribution in [0.4, 0.5) is 11.4 Å². The maximum absolute atomic E-state index is 10.9. The molecular formula is C8H7N2OS. The number of carbonyl (C=O) groups excluding carboxylic acids is 1. The summed E-state index contributed by atoms with van der Waals surface area (Å²) in [5.41, 5.74) is 8.54. The number of benzene rings is 1. The number of hydrogen-bond acceptors (Lipinski definition) is 2. The number of nitrogens with one attached hydrogen (secondary N) is 2. The molecule has 1 amide bonds. The normalized spacial score (nSPS) is 15.2. The van der Waals surface area contributed by atoms with Gasteiger partial charge in [-0.15, -0.1) is 11.8 Å². The Balaban J connectivity index is 2.44. The van der Waals surface area contributed by atoms with E-state index in [1.54, 1.807) is 12.1 Å². The van der Waals surface area contributed by atoms with Gasteiger partial charge >= 0.3 is 0 Å². The Labute approximate surface area is 74.3 Å². The largest absolute Gasteiger partial charge is 0.324 e. The maximum Gasteiger partial charge on any atom is 0.234 e. The molecule has 3 nitrogen and oxygen atoms in total. The summed E-state index contributed by atoms with van der Waals surface area (Å²) in [6.45, 7) is 0. The van der Waals surface area contributed by atoms with Crippen molar-refractivity contribution in [1.29, 1.82) is 0 Å². The van der Waals surface area contributed by atoms with Gasteiger partial charge < -0.3 is 11.1 Å². The molecule has 0 unspecified atom stereocenters. The quantitative estimate of drug-likeness (QED) is 0.658. The Hall–Kier alpha value is -1.16. The van der Waals surface area contributed by atoms with Crippen LogP contribution < -0.4 is 11.1 Å².